The molecule has 0 atom stereocenters. The molecule has 0 aliphatic carbocycles. The molecule has 3 heterocycles. The fourth-order valence-electron chi connectivity index (χ4n) is 2.88. The molecule has 0 radical (unpaired) electrons. The maximum Gasteiger partial charge on any atom is 0.271 e. The highest BCUT2D eigenvalue weighted by atomic mass is 16.2. The average Bonchev–Trinajstić information content (AvgIpc) is 3.16. The minimum atomic E-state index is 0.0389. The Morgan fingerprint density at radius 1 is 1.30 bits per heavy atom. The Kier molecular flexibility index (Phi) is 4.76. The molecule has 1 amide bonds. The lowest BCUT2D eigenvalue weighted by molar-refractivity contribution is 0.0755. The average molecular weight is 316 g/mol. The number of hydrogen-bond acceptors (Lipinski definition) is 4. The second-order valence-corrected chi connectivity index (χ2v) is 6.31. The van der Waals surface area contributed by atoms with Gasteiger partial charge in [0.2, 0.25) is 0 Å². The molecule has 0 spiro atoms. The van der Waals surface area contributed by atoms with Crippen LogP contribution in [-0.2, 0) is 6.54 Å². The molecule has 1 N–H and O–H groups in total. The van der Waals surface area contributed by atoms with Crippen LogP contribution in [0.25, 0.3) is 0 Å². The predicted molar refractivity (Wildman–Crippen MR) is 87.0 cm³/mol. The van der Waals surface area contributed by atoms with Crippen molar-refractivity contribution in [1.82, 2.24) is 29.8 Å². The van der Waals surface area contributed by atoms with Crippen molar-refractivity contribution >= 4 is 5.91 Å². The van der Waals surface area contributed by atoms with Crippen LogP contribution in [-0.4, -0.2) is 61.9 Å². The number of hydrogen-bond donors (Lipinski definition) is 1. The van der Waals surface area contributed by atoms with Gasteiger partial charge in [-0.3, -0.25) is 19.5 Å². The molecule has 0 aromatic carbocycles. The molecule has 1 saturated heterocycles. The van der Waals surface area contributed by atoms with E-state index in [2.05, 4.69) is 40.2 Å². The number of H-pyrrole nitrogens is 1. The summed E-state index contributed by atoms with van der Waals surface area (Å²) >= 11 is 0. The molecular weight excluding hydrogens is 292 g/mol. The number of aromatic nitrogens is 4. The molecule has 0 bridgehead atoms. The normalized spacial score (nSPS) is 16.7. The molecule has 7 nitrogen and oxygen atoms in total. The summed E-state index contributed by atoms with van der Waals surface area (Å²) in [5.74, 6) is 0.0389. The van der Waals surface area contributed by atoms with Crippen molar-refractivity contribution < 1.29 is 4.79 Å². The molecule has 0 saturated carbocycles. The van der Waals surface area contributed by atoms with Crippen LogP contribution >= 0.6 is 0 Å². The number of nitrogens with zero attached hydrogens (tertiary/aromatic N) is 5. The van der Waals surface area contributed by atoms with Crippen LogP contribution < -0.4 is 0 Å². The first-order valence-corrected chi connectivity index (χ1v) is 8.17. The van der Waals surface area contributed by atoms with Gasteiger partial charge in [-0.2, -0.15) is 10.2 Å². The number of amides is 1. The molecule has 1 aliphatic rings. The Morgan fingerprint density at radius 3 is 2.87 bits per heavy atom. The number of carbonyl (C=O) groups is 1. The summed E-state index contributed by atoms with van der Waals surface area (Å²) in [6.45, 7) is 8.56. The van der Waals surface area contributed by atoms with E-state index in [0.29, 0.717) is 11.7 Å². The van der Waals surface area contributed by atoms with Crippen LogP contribution in [0.15, 0.2) is 24.7 Å². The molecule has 2 aromatic heterocycles. The summed E-state index contributed by atoms with van der Waals surface area (Å²) in [4.78, 5) is 16.7. The smallest absolute Gasteiger partial charge is 0.271 e. The second kappa shape index (κ2) is 6.95. The quantitative estimate of drug-likeness (QED) is 0.929. The van der Waals surface area contributed by atoms with Gasteiger partial charge in [-0.15, -0.1) is 0 Å². The van der Waals surface area contributed by atoms with Gasteiger partial charge in [0.15, 0.2) is 0 Å². The monoisotopic (exact) mass is 316 g/mol. The van der Waals surface area contributed by atoms with Crippen LogP contribution in [0.4, 0.5) is 0 Å². The Morgan fingerprint density at radius 2 is 2.17 bits per heavy atom. The van der Waals surface area contributed by atoms with Crippen LogP contribution in [0.1, 0.15) is 42.4 Å². The van der Waals surface area contributed by atoms with E-state index in [1.165, 1.54) is 5.56 Å². The van der Waals surface area contributed by atoms with Crippen molar-refractivity contribution in [1.29, 1.82) is 0 Å². The highest BCUT2D eigenvalue weighted by molar-refractivity contribution is 5.92. The summed E-state index contributed by atoms with van der Waals surface area (Å²) in [6.07, 6.45) is 6.66. The third-order valence-electron chi connectivity index (χ3n) is 4.20. The maximum absolute atomic E-state index is 12.4. The van der Waals surface area contributed by atoms with Gasteiger partial charge in [-0.05, 0) is 26.3 Å². The van der Waals surface area contributed by atoms with E-state index in [4.69, 9.17) is 0 Å². The molecule has 7 heteroatoms. The van der Waals surface area contributed by atoms with Gasteiger partial charge >= 0.3 is 0 Å². The fourth-order valence-corrected chi connectivity index (χ4v) is 2.88. The molecule has 0 unspecified atom stereocenters. The van der Waals surface area contributed by atoms with E-state index in [1.807, 2.05) is 15.8 Å². The lowest BCUT2D eigenvalue weighted by Crippen LogP contribution is -2.35. The van der Waals surface area contributed by atoms with Crippen LogP contribution in [0, 0.1) is 0 Å². The van der Waals surface area contributed by atoms with Crippen molar-refractivity contribution in [2.45, 2.75) is 32.9 Å². The molecule has 124 valence electrons. The minimum Gasteiger partial charge on any atom is -0.336 e. The van der Waals surface area contributed by atoms with E-state index >= 15 is 0 Å². The van der Waals surface area contributed by atoms with Gasteiger partial charge in [-0.25, -0.2) is 0 Å². The van der Waals surface area contributed by atoms with Crippen molar-refractivity contribution in [3.63, 3.8) is 0 Å². The molecule has 2 aromatic rings. The van der Waals surface area contributed by atoms with E-state index < -0.39 is 0 Å². The van der Waals surface area contributed by atoms with E-state index in [-0.39, 0.29) is 5.91 Å². The van der Waals surface area contributed by atoms with Gasteiger partial charge in [0.1, 0.15) is 5.69 Å². The zero-order valence-corrected chi connectivity index (χ0v) is 13.8. The first kappa shape index (κ1) is 15.7. The van der Waals surface area contributed by atoms with E-state index in [9.17, 15) is 4.79 Å². The van der Waals surface area contributed by atoms with Crippen molar-refractivity contribution in [2.75, 3.05) is 26.2 Å². The lowest BCUT2D eigenvalue weighted by Gasteiger charge is -2.21. The zero-order chi connectivity index (χ0) is 16.2. The molecule has 3 rings (SSSR count). The number of nitrogens with one attached hydrogen (secondary N) is 1. The Balaban J connectivity index is 1.56. The summed E-state index contributed by atoms with van der Waals surface area (Å²) in [7, 11) is 0. The summed E-state index contributed by atoms with van der Waals surface area (Å²) in [5.41, 5.74) is 1.80. The number of rotatable bonds is 4. The summed E-state index contributed by atoms with van der Waals surface area (Å²) in [6, 6.07) is 2.11. The Bertz CT molecular complexity index is 633. The van der Waals surface area contributed by atoms with Crippen molar-refractivity contribution in [3.05, 3.63) is 35.9 Å². The second-order valence-electron chi connectivity index (χ2n) is 6.31. The fraction of sp³-hybridized carbons (Fsp3) is 0.562. The van der Waals surface area contributed by atoms with Gasteiger partial charge in [0, 0.05) is 56.7 Å². The number of aromatic amines is 1. The largest absolute Gasteiger partial charge is 0.336 e. The van der Waals surface area contributed by atoms with Crippen LogP contribution in [0.5, 0.6) is 0 Å². The van der Waals surface area contributed by atoms with Crippen molar-refractivity contribution in [2.24, 2.45) is 0 Å². The zero-order valence-electron chi connectivity index (χ0n) is 13.8. The first-order chi connectivity index (χ1) is 11.1. The van der Waals surface area contributed by atoms with Crippen LogP contribution in [0.3, 0.4) is 0 Å². The van der Waals surface area contributed by atoms with Gasteiger partial charge < -0.3 is 4.90 Å². The van der Waals surface area contributed by atoms with Gasteiger partial charge in [0.25, 0.3) is 5.91 Å². The molecule has 23 heavy (non-hydrogen) atoms. The third kappa shape index (κ3) is 3.79. The third-order valence-corrected chi connectivity index (χ3v) is 4.20. The van der Waals surface area contributed by atoms with Gasteiger partial charge in [-0.1, -0.05) is 0 Å². The highest BCUT2D eigenvalue weighted by Gasteiger charge is 2.21. The molecule has 1 aliphatic heterocycles. The predicted octanol–water partition coefficient (Wildman–Crippen LogP) is 1.54. The molecular formula is C16H24N6O. The van der Waals surface area contributed by atoms with Crippen molar-refractivity contribution in [3.8, 4) is 0 Å². The SMILES string of the molecule is CC(C)n1cc(CN2CCCN(C(=O)c3ccn[nH]3)CC2)cn1. The topological polar surface area (TPSA) is 70.1 Å². The standard InChI is InChI=1S/C16H24N6O/c1-13(2)22-12-14(10-18-22)11-20-6-3-7-21(9-8-20)16(23)15-4-5-17-19-15/h4-5,10,12-13H,3,6-9,11H2,1-2H3,(H,17,19). The maximum atomic E-state index is 12.4. The van der Waals surface area contributed by atoms with E-state index in [0.717, 1.165) is 39.1 Å². The first-order valence-electron chi connectivity index (χ1n) is 8.17. The molecule has 1 fully saturated rings. The minimum absolute atomic E-state index is 0.0389. The Labute approximate surface area is 136 Å². The lowest BCUT2D eigenvalue weighted by atomic mass is 10.3. The highest BCUT2D eigenvalue weighted by Crippen LogP contribution is 2.12. The summed E-state index contributed by atoms with van der Waals surface area (Å²) in [5, 5.41) is 11.0. The number of carbonyl (C=O) groups excluding carboxylic acids is 1. The Hall–Kier alpha value is -2.15. The van der Waals surface area contributed by atoms with Gasteiger partial charge in [0.05, 0.1) is 6.20 Å². The van der Waals surface area contributed by atoms with E-state index in [1.54, 1.807) is 12.3 Å². The summed E-state index contributed by atoms with van der Waals surface area (Å²) < 4.78 is 1.99. The van der Waals surface area contributed by atoms with Crippen LogP contribution in [0.2, 0.25) is 0 Å².